The second kappa shape index (κ2) is 5.89. The van der Waals surface area contributed by atoms with Crippen molar-refractivity contribution in [1.29, 1.82) is 0 Å². The predicted molar refractivity (Wildman–Crippen MR) is 82.4 cm³/mol. The lowest BCUT2D eigenvalue weighted by Gasteiger charge is -2.22. The average molecular weight is 283 g/mol. The van der Waals surface area contributed by atoms with Gasteiger partial charge in [-0.3, -0.25) is 0 Å². The van der Waals surface area contributed by atoms with Gasteiger partial charge in [-0.05, 0) is 43.9 Å². The lowest BCUT2D eigenvalue weighted by atomic mass is 9.99. The smallest absolute Gasteiger partial charge is 0.104 e. The summed E-state index contributed by atoms with van der Waals surface area (Å²) >= 11 is 11.2. The van der Waals surface area contributed by atoms with Gasteiger partial charge in [0.2, 0.25) is 0 Å². The molecule has 0 aliphatic heterocycles. The molecule has 3 N–H and O–H groups in total. The van der Waals surface area contributed by atoms with E-state index in [1.807, 2.05) is 18.2 Å². The third-order valence-electron chi connectivity index (χ3n) is 3.74. The summed E-state index contributed by atoms with van der Waals surface area (Å²) in [7, 11) is 0. The van der Waals surface area contributed by atoms with Crippen molar-refractivity contribution in [1.82, 2.24) is 0 Å². The summed E-state index contributed by atoms with van der Waals surface area (Å²) in [5.74, 6) is 0.760. The second-order valence-corrected chi connectivity index (χ2v) is 5.88. The molecule has 0 amide bonds. The highest BCUT2D eigenvalue weighted by atomic mass is 35.5. The third-order valence-corrected chi connectivity index (χ3v) is 4.29. The number of nitrogens with two attached hydrogens (primary N) is 1. The Morgan fingerprint density at radius 3 is 2.67 bits per heavy atom. The zero-order valence-corrected chi connectivity index (χ0v) is 12.2. The van der Waals surface area contributed by atoms with Crippen molar-refractivity contribution in [2.45, 2.75) is 38.6 Å². The van der Waals surface area contributed by atoms with Gasteiger partial charge in [-0.15, -0.1) is 0 Å². The Labute approximate surface area is 119 Å². The largest absolute Gasteiger partial charge is 0.389 e. The summed E-state index contributed by atoms with van der Waals surface area (Å²) in [5.41, 5.74) is 7.37. The van der Waals surface area contributed by atoms with Crippen LogP contribution in [0, 0.1) is 5.92 Å². The molecule has 0 bridgehead atoms. The number of anilines is 1. The van der Waals surface area contributed by atoms with Gasteiger partial charge in [0.05, 0.1) is 10.7 Å². The van der Waals surface area contributed by atoms with Crippen LogP contribution in [0.3, 0.4) is 0 Å². The maximum atomic E-state index is 6.25. The van der Waals surface area contributed by atoms with E-state index in [4.69, 9.17) is 29.6 Å². The molecule has 18 heavy (non-hydrogen) atoms. The lowest BCUT2D eigenvalue weighted by molar-refractivity contribution is 0.482. The van der Waals surface area contributed by atoms with E-state index in [1.54, 1.807) is 0 Å². The molecule has 1 fully saturated rings. The molecule has 2 rings (SSSR count). The molecule has 1 aromatic carbocycles. The normalized spacial score (nSPS) is 17.7. The summed E-state index contributed by atoms with van der Waals surface area (Å²) in [6, 6.07) is 6.16. The molecule has 1 unspecified atom stereocenters. The molecule has 1 aliphatic rings. The van der Waals surface area contributed by atoms with Gasteiger partial charge in [0.15, 0.2) is 0 Å². The van der Waals surface area contributed by atoms with Gasteiger partial charge in [0.25, 0.3) is 0 Å². The van der Waals surface area contributed by atoms with Crippen LogP contribution in [0.2, 0.25) is 5.02 Å². The molecular formula is C14H19ClN2S. The van der Waals surface area contributed by atoms with Gasteiger partial charge in [0.1, 0.15) is 4.99 Å². The molecule has 1 aliphatic carbocycles. The van der Waals surface area contributed by atoms with E-state index in [0.717, 1.165) is 17.2 Å². The maximum Gasteiger partial charge on any atom is 0.104 e. The van der Waals surface area contributed by atoms with Crippen molar-refractivity contribution in [3.05, 3.63) is 28.8 Å². The fraction of sp³-hybridized carbons (Fsp3) is 0.500. The van der Waals surface area contributed by atoms with Gasteiger partial charge in [-0.25, -0.2) is 0 Å². The summed E-state index contributed by atoms with van der Waals surface area (Å²) in [5, 5.41) is 4.19. The van der Waals surface area contributed by atoms with E-state index in [0.29, 0.717) is 16.1 Å². The first-order valence-electron chi connectivity index (χ1n) is 6.44. The van der Waals surface area contributed by atoms with Crippen LogP contribution in [0.15, 0.2) is 18.2 Å². The molecule has 0 radical (unpaired) electrons. The minimum Gasteiger partial charge on any atom is -0.389 e. The van der Waals surface area contributed by atoms with Crippen molar-refractivity contribution in [3.63, 3.8) is 0 Å². The zero-order chi connectivity index (χ0) is 13.1. The second-order valence-electron chi connectivity index (χ2n) is 5.04. The van der Waals surface area contributed by atoms with Crippen LogP contribution in [0.1, 0.15) is 38.2 Å². The first-order chi connectivity index (χ1) is 8.58. The molecule has 0 saturated heterocycles. The van der Waals surface area contributed by atoms with Crippen molar-refractivity contribution in [2.24, 2.45) is 11.7 Å². The Morgan fingerprint density at radius 2 is 2.11 bits per heavy atom. The van der Waals surface area contributed by atoms with Crippen molar-refractivity contribution < 1.29 is 0 Å². The molecule has 4 heteroatoms. The van der Waals surface area contributed by atoms with Gasteiger partial charge in [-0.2, -0.15) is 0 Å². The molecule has 0 aromatic heterocycles. The minimum atomic E-state index is 0.382. The molecule has 1 saturated carbocycles. The number of halogens is 1. The number of hydrogen-bond acceptors (Lipinski definition) is 2. The Morgan fingerprint density at radius 1 is 1.44 bits per heavy atom. The van der Waals surface area contributed by atoms with Crippen LogP contribution in [-0.4, -0.2) is 11.0 Å². The number of benzene rings is 1. The first kappa shape index (κ1) is 13.6. The topological polar surface area (TPSA) is 38.0 Å². The number of rotatable bonds is 4. The Kier molecular flexibility index (Phi) is 4.46. The van der Waals surface area contributed by atoms with Crippen LogP contribution in [-0.2, 0) is 0 Å². The van der Waals surface area contributed by atoms with Crippen molar-refractivity contribution >= 4 is 34.5 Å². The molecule has 0 heterocycles. The van der Waals surface area contributed by atoms with Crippen LogP contribution in [0.5, 0.6) is 0 Å². The summed E-state index contributed by atoms with van der Waals surface area (Å²) in [4.78, 5) is 0.382. The van der Waals surface area contributed by atoms with Gasteiger partial charge in [-0.1, -0.05) is 36.7 Å². The van der Waals surface area contributed by atoms with E-state index in [9.17, 15) is 0 Å². The number of nitrogens with one attached hydrogen (secondary N) is 1. The number of thiocarbonyl (C=S) groups is 1. The Balaban J connectivity index is 2.06. The van der Waals surface area contributed by atoms with Crippen LogP contribution in [0.4, 0.5) is 5.69 Å². The first-order valence-corrected chi connectivity index (χ1v) is 7.22. The summed E-state index contributed by atoms with van der Waals surface area (Å²) in [6.45, 7) is 2.23. The standard InChI is InChI=1S/C14H19ClN2S/c1-9(10-4-2-3-5-10)17-13-7-6-11(14(16)18)8-12(13)15/h6-10,17H,2-5H2,1H3,(H2,16,18). The number of hydrogen-bond donors (Lipinski definition) is 2. The van der Waals surface area contributed by atoms with Gasteiger partial charge < -0.3 is 11.1 Å². The predicted octanol–water partition coefficient (Wildman–Crippen LogP) is 3.96. The SMILES string of the molecule is CC(Nc1ccc(C(N)=S)cc1Cl)C1CCCC1. The third kappa shape index (κ3) is 3.15. The highest BCUT2D eigenvalue weighted by molar-refractivity contribution is 7.80. The summed E-state index contributed by atoms with van der Waals surface area (Å²) < 4.78 is 0. The van der Waals surface area contributed by atoms with Crippen LogP contribution in [0.25, 0.3) is 0 Å². The van der Waals surface area contributed by atoms with E-state index < -0.39 is 0 Å². The highest BCUT2D eigenvalue weighted by Gasteiger charge is 2.21. The molecular weight excluding hydrogens is 264 g/mol. The minimum absolute atomic E-state index is 0.382. The monoisotopic (exact) mass is 282 g/mol. The van der Waals surface area contributed by atoms with Crippen molar-refractivity contribution in [2.75, 3.05) is 5.32 Å². The molecule has 2 nitrogen and oxygen atoms in total. The lowest BCUT2D eigenvalue weighted by Crippen LogP contribution is -2.24. The zero-order valence-electron chi connectivity index (χ0n) is 10.6. The molecule has 98 valence electrons. The Hall–Kier alpha value is -0.800. The van der Waals surface area contributed by atoms with E-state index in [2.05, 4.69) is 12.2 Å². The Bertz CT molecular complexity index is 441. The van der Waals surface area contributed by atoms with Gasteiger partial charge >= 0.3 is 0 Å². The van der Waals surface area contributed by atoms with Crippen LogP contribution < -0.4 is 11.1 Å². The molecule has 1 aromatic rings. The van der Waals surface area contributed by atoms with E-state index in [1.165, 1.54) is 25.7 Å². The fourth-order valence-corrected chi connectivity index (χ4v) is 2.97. The van der Waals surface area contributed by atoms with E-state index in [-0.39, 0.29) is 0 Å². The van der Waals surface area contributed by atoms with Gasteiger partial charge in [0, 0.05) is 11.6 Å². The maximum absolute atomic E-state index is 6.25. The highest BCUT2D eigenvalue weighted by Crippen LogP contribution is 2.31. The summed E-state index contributed by atoms with van der Waals surface area (Å²) in [6.07, 6.45) is 5.34. The molecule has 1 atom stereocenters. The quantitative estimate of drug-likeness (QED) is 0.821. The molecule has 0 spiro atoms. The fourth-order valence-electron chi connectivity index (χ4n) is 2.61. The average Bonchev–Trinajstić information content (AvgIpc) is 2.85. The van der Waals surface area contributed by atoms with E-state index >= 15 is 0 Å². The van der Waals surface area contributed by atoms with Crippen molar-refractivity contribution in [3.8, 4) is 0 Å². The van der Waals surface area contributed by atoms with Crippen LogP contribution >= 0.6 is 23.8 Å².